The van der Waals surface area contributed by atoms with Gasteiger partial charge in [0, 0.05) is 19.6 Å². The predicted octanol–water partition coefficient (Wildman–Crippen LogP) is 3.20. The van der Waals surface area contributed by atoms with Crippen LogP contribution in [-0.2, 0) is 9.59 Å². The van der Waals surface area contributed by atoms with Gasteiger partial charge in [-0.05, 0) is 49.9 Å². The number of oxazole rings is 1. The maximum absolute atomic E-state index is 12.3. The average Bonchev–Trinajstić information content (AvgIpc) is 3.23. The van der Waals surface area contributed by atoms with E-state index in [9.17, 15) is 9.59 Å². The number of para-hydroxylation sites is 4. The van der Waals surface area contributed by atoms with E-state index in [-0.39, 0.29) is 0 Å². The number of carbonyl (C=O) groups excluding carboxylic acids is 2. The highest BCUT2D eigenvalue weighted by atomic mass is 16.5. The molecule has 8 heteroatoms. The van der Waals surface area contributed by atoms with Gasteiger partial charge in [0.05, 0.1) is 12.3 Å². The maximum Gasteiger partial charge on any atom is 0.313 e. The molecule has 162 valence electrons. The largest absolute Gasteiger partial charge is 0.492 e. The van der Waals surface area contributed by atoms with Crippen LogP contribution in [0.25, 0.3) is 11.1 Å². The molecule has 2 aromatic carbocycles. The normalized spacial score (nSPS) is 14.4. The second-order valence-corrected chi connectivity index (χ2v) is 7.49. The number of anilines is 2. The zero-order chi connectivity index (χ0) is 21.6. The van der Waals surface area contributed by atoms with E-state index in [1.54, 1.807) is 18.2 Å². The van der Waals surface area contributed by atoms with Crippen molar-refractivity contribution in [2.75, 3.05) is 36.5 Å². The second kappa shape index (κ2) is 9.51. The highest BCUT2D eigenvalue weighted by Crippen LogP contribution is 2.26. The molecule has 31 heavy (non-hydrogen) atoms. The molecule has 1 aromatic heterocycles. The first-order valence-electron chi connectivity index (χ1n) is 10.6. The molecule has 0 atom stereocenters. The topological polar surface area (TPSA) is 96.7 Å². The minimum absolute atomic E-state index is 0.299. The number of ether oxygens (including phenoxy) is 1. The molecule has 2 heterocycles. The van der Waals surface area contributed by atoms with Crippen LogP contribution in [0.3, 0.4) is 0 Å². The molecule has 2 amide bonds. The Balaban J connectivity index is 1.24. The van der Waals surface area contributed by atoms with Gasteiger partial charge in [-0.2, -0.15) is 4.98 Å². The number of hydrogen-bond acceptors (Lipinski definition) is 6. The van der Waals surface area contributed by atoms with Gasteiger partial charge in [0.15, 0.2) is 5.58 Å². The fraction of sp³-hybridized carbons (Fsp3) is 0.348. The summed E-state index contributed by atoms with van der Waals surface area (Å²) in [7, 11) is 0. The number of rotatable bonds is 6. The number of aromatic nitrogens is 1. The van der Waals surface area contributed by atoms with E-state index >= 15 is 0 Å². The van der Waals surface area contributed by atoms with E-state index < -0.39 is 11.8 Å². The van der Waals surface area contributed by atoms with E-state index in [2.05, 4.69) is 20.5 Å². The highest BCUT2D eigenvalue weighted by Gasteiger charge is 2.24. The zero-order valence-corrected chi connectivity index (χ0v) is 17.5. The molecular weight excluding hydrogens is 396 g/mol. The van der Waals surface area contributed by atoms with Crippen molar-refractivity contribution in [1.82, 2.24) is 10.3 Å². The standard InChI is InChI=1S/C23H26N4O4/c1-2-30-19-9-5-3-7-17(19)25-22(29)21(28)24-15-16-11-13-27(14-12-16)23-26-18-8-4-6-10-20(18)31-23/h3-10,16H,2,11-15H2,1H3,(H,24,28)(H,25,29). The van der Waals surface area contributed by atoms with Crippen LogP contribution in [0.2, 0.25) is 0 Å². The predicted molar refractivity (Wildman–Crippen MR) is 118 cm³/mol. The van der Waals surface area contributed by atoms with Crippen LogP contribution in [-0.4, -0.2) is 43.0 Å². The van der Waals surface area contributed by atoms with Crippen molar-refractivity contribution < 1.29 is 18.7 Å². The molecule has 1 aliphatic rings. The Bertz CT molecular complexity index is 1020. The fourth-order valence-corrected chi connectivity index (χ4v) is 3.67. The lowest BCUT2D eigenvalue weighted by Gasteiger charge is -2.30. The molecule has 1 fully saturated rings. The summed E-state index contributed by atoms with van der Waals surface area (Å²) in [4.78, 5) is 31.2. The SMILES string of the molecule is CCOc1ccccc1NC(=O)C(=O)NCC1CCN(c2nc3ccccc3o2)CC1. The fourth-order valence-electron chi connectivity index (χ4n) is 3.67. The Morgan fingerprint density at radius 3 is 2.61 bits per heavy atom. The van der Waals surface area contributed by atoms with Crippen molar-refractivity contribution in [2.45, 2.75) is 19.8 Å². The monoisotopic (exact) mass is 422 g/mol. The van der Waals surface area contributed by atoms with Crippen molar-refractivity contribution in [2.24, 2.45) is 5.92 Å². The lowest BCUT2D eigenvalue weighted by Crippen LogP contribution is -2.42. The summed E-state index contributed by atoms with van der Waals surface area (Å²) in [5.74, 6) is -0.505. The summed E-state index contributed by atoms with van der Waals surface area (Å²) in [6, 6.07) is 15.4. The van der Waals surface area contributed by atoms with Gasteiger partial charge in [-0.15, -0.1) is 0 Å². The first-order chi connectivity index (χ1) is 15.1. The van der Waals surface area contributed by atoms with Crippen LogP contribution in [0, 0.1) is 5.92 Å². The number of benzene rings is 2. The number of nitrogens with one attached hydrogen (secondary N) is 2. The molecule has 8 nitrogen and oxygen atoms in total. The Labute approximate surface area is 180 Å². The van der Waals surface area contributed by atoms with E-state index in [0.717, 1.165) is 37.0 Å². The van der Waals surface area contributed by atoms with Gasteiger partial charge in [0.2, 0.25) is 0 Å². The van der Waals surface area contributed by atoms with Crippen LogP contribution in [0.1, 0.15) is 19.8 Å². The molecule has 0 saturated carbocycles. The number of carbonyl (C=O) groups is 2. The van der Waals surface area contributed by atoms with Gasteiger partial charge in [-0.1, -0.05) is 24.3 Å². The van der Waals surface area contributed by atoms with Gasteiger partial charge in [-0.3, -0.25) is 9.59 Å². The van der Waals surface area contributed by atoms with Gasteiger partial charge < -0.3 is 24.7 Å². The average molecular weight is 422 g/mol. The Hall–Kier alpha value is -3.55. The molecular formula is C23H26N4O4. The minimum atomic E-state index is -0.698. The van der Waals surface area contributed by atoms with Gasteiger partial charge in [0.25, 0.3) is 6.01 Å². The number of hydrogen-bond donors (Lipinski definition) is 2. The van der Waals surface area contributed by atoms with Crippen molar-refractivity contribution in [3.63, 3.8) is 0 Å². The van der Waals surface area contributed by atoms with Crippen LogP contribution in [0.4, 0.5) is 11.7 Å². The van der Waals surface area contributed by atoms with Crippen molar-refractivity contribution in [3.8, 4) is 5.75 Å². The molecule has 0 unspecified atom stereocenters. The van der Waals surface area contributed by atoms with Crippen LogP contribution < -0.4 is 20.3 Å². The number of nitrogens with zero attached hydrogens (tertiary/aromatic N) is 2. The summed E-state index contributed by atoms with van der Waals surface area (Å²) in [5, 5.41) is 5.37. The lowest BCUT2D eigenvalue weighted by atomic mass is 9.97. The smallest absolute Gasteiger partial charge is 0.313 e. The highest BCUT2D eigenvalue weighted by molar-refractivity contribution is 6.39. The maximum atomic E-state index is 12.3. The number of fused-ring (bicyclic) bond motifs is 1. The third-order valence-corrected chi connectivity index (χ3v) is 5.36. The van der Waals surface area contributed by atoms with Crippen LogP contribution in [0.5, 0.6) is 5.75 Å². The van der Waals surface area contributed by atoms with E-state index in [1.807, 2.05) is 37.3 Å². The van der Waals surface area contributed by atoms with Gasteiger partial charge >= 0.3 is 11.8 Å². The number of piperidine rings is 1. The lowest BCUT2D eigenvalue weighted by molar-refractivity contribution is -0.136. The Morgan fingerprint density at radius 2 is 1.84 bits per heavy atom. The summed E-state index contributed by atoms with van der Waals surface area (Å²) in [6.07, 6.45) is 1.77. The number of amides is 2. The summed E-state index contributed by atoms with van der Waals surface area (Å²) in [5.41, 5.74) is 2.11. The molecule has 0 bridgehead atoms. The molecule has 4 rings (SSSR count). The van der Waals surface area contributed by atoms with E-state index in [1.165, 1.54) is 0 Å². The Kier molecular flexibility index (Phi) is 6.35. The quantitative estimate of drug-likeness (QED) is 0.592. The minimum Gasteiger partial charge on any atom is -0.492 e. The molecule has 0 radical (unpaired) electrons. The first kappa shape index (κ1) is 20.7. The third kappa shape index (κ3) is 4.96. The van der Waals surface area contributed by atoms with Crippen LogP contribution in [0.15, 0.2) is 52.9 Å². The van der Waals surface area contributed by atoms with E-state index in [0.29, 0.717) is 36.5 Å². The van der Waals surface area contributed by atoms with E-state index in [4.69, 9.17) is 9.15 Å². The molecule has 0 aliphatic carbocycles. The van der Waals surface area contributed by atoms with Crippen molar-refractivity contribution in [1.29, 1.82) is 0 Å². The molecule has 0 spiro atoms. The molecule has 1 saturated heterocycles. The first-order valence-corrected chi connectivity index (χ1v) is 10.6. The molecule has 1 aliphatic heterocycles. The molecule has 3 aromatic rings. The molecule has 2 N–H and O–H groups in total. The summed E-state index contributed by atoms with van der Waals surface area (Å²) < 4.78 is 11.3. The summed E-state index contributed by atoms with van der Waals surface area (Å²) in [6.45, 7) is 4.38. The summed E-state index contributed by atoms with van der Waals surface area (Å²) >= 11 is 0. The third-order valence-electron chi connectivity index (χ3n) is 5.36. The Morgan fingerprint density at radius 1 is 1.10 bits per heavy atom. The van der Waals surface area contributed by atoms with Crippen molar-refractivity contribution >= 4 is 34.6 Å². The van der Waals surface area contributed by atoms with Crippen molar-refractivity contribution in [3.05, 3.63) is 48.5 Å². The second-order valence-electron chi connectivity index (χ2n) is 7.49. The van der Waals surface area contributed by atoms with Gasteiger partial charge in [-0.25, -0.2) is 0 Å². The van der Waals surface area contributed by atoms with Gasteiger partial charge in [0.1, 0.15) is 11.3 Å². The van der Waals surface area contributed by atoms with Crippen LogP contribution >= 0.6 is 0 Å². The zero-order valence-electron chi connectivity index (χ0n) is 17.5.